The van der Waals surface area contributed by atoms with Gasteiger partial charge in [0.05, 0.1) is 11.7 Å². The highest BCUT2D eigenvalue weighted by molar-refractivity contribution is 5.89. The van der Waals surface area contributed by atoms with Gasteiger partial charge in [-0.05, 0) is 67.4 Å². The molecule has 1 aromatic carbocycles. The lowest BCUT2D eigenvalue weighted by Gasteiger charge is -2.57. The van der Waals surface area contributed by atoms with Gasteiger partial charge < -0.3 is 9.84 Å². The van der Waals surface area contributed by atoms with Gasteiger partial charge in [0.15, 0.2) is 0 Å². The lowest BCUT2D eigenvalue weighted by Crippen LogP contribution is -2.54. The number of hydrogen-bond donors (Lipinski definition) is 1. The number of rotatable bonds is 2. The third kappa shape index (κ3) is 2.54. The van der Waals surface area contributed by atoms with E-state index in [0.717, 1.165) is 38.5 Å². The van der Waals surface area contributed by atoms with Gasteiger partial charge in [0.1, 0.15) is 6.10 Å². The van der Waals surface area contributed by atoms with Crippen LogP contribution in [0.3, 0.4) is 0 Å². The Morgan fingerprint density at radius 2 is 1.84 bits per heavy atom. The molecule has 2 bridgehead atoms. The average Bonchev–Trinajstić information content (AvgIpc) is 2.78. The molecule has 0 radical (unpaired) electrons. The van der Waals surface area contributed by atoms with Gasteiger partial charge in [0.25, 0.3) is 0 Å². The summed E-state index contributed by atoms with van der Waals surface area (Å²) in [5.41, 5.74) is 0.840. The summed E-state index contributed by atoms with van der Waals surface area (Å²) in [4.78, 5) is 12.7. The maximum absolute atomic E-state index is 12.7. The molecule has 0 amide bonds. The molecule has 0 saturated heterocycles. The van der Waals surface area contributed by atoms with Crippen LogP contribution in [0, 0.1) is 22.2 Å². The summed E-state index contributed by atoms with van der Waals surface area (Å²) < 4.78 is 6.14. The van der Waals surface area contributed by atoms with E-state index >= 15 is 0 Å². The number of ether oxygens (including phenoxy) is 1. The first-order chi connectivity index (χ1) is 11.8. The molecular formula is C22H30O3. The van der Waals surface area contributed by atoms with E-state index in [1.165, 1.54) is 0 Å². The molecule has 5 atom stereocenters. The molecule has 0 aliphatic heterocycles. The molecular weight excluding hydrogens is 312 g/mol. The van der Waals surface area contributed by atoms with Crippen molar-refractivity contribution < 1.29 is 14.6 Å². The van der Waals surface area contributed by atoms with Gasteiger partial charge in [-0.15, -0.1) is 0 Å². The maximum Gasteiger partial charge on any atom is 0.338 e. The van der Waals surface area contributed by atoms with Crippen LogP contribution in [0.5, 0.6) is 0 Å². The van der Waals surface area contributed by atoms with Crippen LogP contribution in [-0.4, -0.2) is 23.3 Å². The zero-order valence-corrected chi connectivity index (χ0v) is 15.6. The molecule has 3 aliphatic rings. The quantitative estimate of drug-likeness (QED) is 0.800. The first-order valence-corrected chi connectivity index (χ1v) is 9.71. The highest BCUT2D eigenvalue weighted by Crippen LogP contribution is 2.69. The van der Waals surface area contributed by atoms with Crippen LogP contribution < -0.4 is 0 Å². The Kier molecular flexibility index (Phi) is 3.81. The zero-order valence-electron chi connectivity index (χ0n) is 15.6. The normalized spacial score (nSPS) is 41.8. The minimum absolute atomic E-state index is 0.0213. The molecule has 4 rings (SSSR count). The Morgan fingerprint density at radius 1 is 1.12 bits per heavy atom. The molecule has 3 fully saturated rings. The van der Waals surface area contributed by atoms with Gasteiger partial charge in [-0.3, -0.25) is 0 Å². The molecule has 0 aromatic heterocycles. The molecule has 1 N–H and O–H groups in total. The lowest BCUT2D eigenvalue weighted by molar-refractivity contribution is -0.145. The fourth-order valence-electron chi connectivity index (χ4n) is 6.45. The van der Waals surface area contributed by atoms with E-state index in [4.69, 9.17) is 4.74 Å². The van der Waals surface area contributed by atoms with Crippen LogP contribution in [0.4, 0.5) is 0 Å². The summed E-state index contributed by atoms with van der Waals surface area (Å²) in [7, 11) is 0. The van der Waals surface area contributed by atoms with Crippen LogP contribution in [0.25, 0.3) is 0 Å². The molecule has 25 heavy (non-hydrogen) atoms. The van der Waals surface area contributed by atoms with Crippen LogP contribution in [-0.2, 0) is 4.74 Å². The third-order valence-electron chi connectivity index (χ3n) is 7.67. The SMILES string of the molecule is CC1(C)C[C@H](OC(=O)c2ccccc2)[C@@]23CC[C@@H](O)[C@](C)(CC[C@H]12)C3. The number of hydrogen-bond acceptors (Lipinski definition) is 3. The van der Waals surface area contributed by atoms with Crippen LogP contribution in [0.1, 0.15) is 69.7 Å². The van der Waals surface area contributed by atoms with Crippen molar-refractivity contribution in [1.82, 2.24) is 0 Å². The smallest absolute Gasteiger partial charge is 0.338 e. The first kappa shape index (κ1) is 17.1. The highest BCUT2D eigenvalue weighted by atomic mass is 16.5. The number of carbonyl (C=O) groups is 1. The Bertz CT molecular complexity index is 667. The number of fused-ring (bicyclic) bond motifs is 1. The Hall–Kier alpha value is -1.35. The largest absolute Gasteiger partial charge is 0.458 e. The molecule has 0 unspecified atom stereocenters. The van der Waals surface area contributed by atoms with Gasteiger partial charge in [0.2, 0.25) is 0 Å². The van der Waals surface area contributed by atoms with E-state index in [9.17, 15) is 9.90 Å². The number of benzene rings is 1. The zero-order chi connectivity index (χ0) is 17.9. The molecule has 0 heterocycles. The third-order valence-corrected chi connectivity index (χ3v) is 7.67. The van der Waals surface area contributed by atoms with Crippen molar-refractivity contribution in [3.05, 3.63) is 35.9 Å². The molecule has 3 nitrogen and oxygen atoms in total. The Morgan fingerprint density at radius 3 is 2.56 bits per heavy atom. The van der Waals surface area contributed by atoms with E-state index in [-0.39, 0.29) is 34.4 Å². The topological polar surface area (TPSA) is 46.5 Å². The average molecular weight is 342 g/mol. The minimum atomic E-state index is -0.215. The summed E-state index contributed by atoms with van der Waals surface area (Å²) >= 11 is 0. The number of esters is 1. The number of carbonyl (C=O) groups excluding carboxylic acids is 1. The monoisotopic (exact) mass is 342 g/mol. The molecule has 1 spiro atoms. The van der Waals surface area contributed by atoms with Crippen molar-refractivity contribution in [3.63, 3.8) is 0 Å². The molecule has 3 saturated carbocycles. The molecule has 3 aliphatic carbocycles. The van der Waals surface area contributed by atoms with Crippen molar-refractivity contribution in [2.24, 2.45) is 22.2 Å². The lowest BCUT2D eigenvalue weighted by atomic mass is 9.49. The van der Waals surface area contributed by atoms with Crippen molar-refractivity contribution in [2.75, 3.05) is 0 Å². The predicted molar refractivity (Wildman–Crippen MR) is 97.2 cm³/mol. The van der Waals surface area contributed by atoms with Gasteiger partial charge in [-0.1, -0.05) is 39.0 Å². The number of aliphatic hydroxyl groups is 1. The second-order valence-electron chi connectivity index (χ2n) is 9.66. The summed E-state index contributed by atoms with van der Waals surface area (Å²) in [6, 6.07) is 9.33. The van der Waals surface area contributed by atoms with Gasteiger partial charge in [0, 0.05) is 5.41 Å². The molecule has 1 aromatic rings. The Labute approximate surface area is 150 Å². The summed E-state index contributed by atoms with van der Waals surface area (Å²) in [6.45, 7) is 6.91. The second-order valence-corrected chi connectivity index (χ2v) is 9.66. The summed E-state index contributed by atoms with van der Waals surface area (Å²) in [5, 5.41) is 10.6. The van der Waals surface area contributed by atoms with Crippen LogP contribution in [0.15, 0.2) is 30.3 Å². The standard InChI is InChI=1S/C22H30O3/c1-20(2)13-18(25-19(24)15-7-5-4-6-8-15)22-12-10-17(23)21(3,14-22)11-9-16(20)22/h4-8,16-18,23H,9-14H2,1-3H3/t16-,17-,18+,21-,22-/m1/s1. The van der Waals surface area contributed by atoms with Crippen molar-refractivity contribution in [2.45, 2.75) is 71.5 Å². The van der Waals surface area contributed by atoms with Crippen molar-refractivity contribution >= 4 is 5.97 Å². The Balaban J connectivity index is 1.65. The summed E-state index contributed by atoms with van der Waals surface area (Å²) in [6.07, 6.45) is 5.71. The van der Waals surface area contributed by atoms with Gasteiger partial charge >= 0.3 is 5.97 Å². The van der Waals surface area contributed by atoms with E-state index in [0.29, 0.717) is 11.5 Å². The maximum atomic E-state index is 12.7. The van der Waals surface area contributed by atoms with E-state index in [1.807, 2.05) is 30.3 Å². The first-order valence-electron chi connectivity index (χ1n) is 9.71. The van der Waals surface area contributed by atoms with E-state index in [1.54, 1.807) is 0 Å². The van der Waals surface area contributed by atoms with E-state index < -0.39 is 0 Å². The highest BCUT2D eigenvalue weighted by Gasteiger charge is 2.66. The van der Waals surface area contributed by atoms with Crippen molar-refractivity contribution in [1.29, 1.82) is 0 Å². The summed E-state index contributed by atoms with van der Waals surface area (Å²) in [5.74, 6) is 0.379. The van der Waals surface area contributed by atoms with Crippen LogP contribution in [0.2, 0.25) is 0 Å². The van der Waals surface area contributed by atoms with Crippen LogP contribution >= 0.6 is 0 Å². The second kappa shape index (κ2) is 5.57. The van der Waals surface area contributed by atoms with E-state index in [2.05, 4.69) is 20.8 Å². The fraction of sp³-hybridized carbons (Fsp3) is 0.682. The molecule has 136 valence electrons. The minimum Gasteiger partial charge on any atom is -0.458 e. The number of aliphatic hydroxyl groups excluding tert-OH is 1. The van der Waals surface area contributed by atoms with Crippen molar-refractivity contribution in [3.8, 4) is 0 Å². The van der Waals surface area contributed by atoms with Gasteiger partial charge in [-0.25, -0.2) is 4.79 Å². The fourth-order valence-corrected chi connectivity index (χ4v) is 6.45. The molecule has 3 heteroatoms. The predicted octanol–water partition coefficient (Wildman–Crippen LogP) is 4.59. The van der Waals surface area contributed by atoms with Gasteiger partial charge in [-0.2, -0.15) is 0 Å².